The molecule has 0 unspecified atom stereocenters. The maximum atomic E-state index is 12.3. The Morgan fingerprint density at radius 2 is 2.07 bits per heavy atom. The number of nitrogens with zero attached hydrogens (tertiary/aromatic N) is 4. The van der Waals surface area contributed by atoms with Crippen LogP contribution in [0.2, 0.25) is 0 Å². The summed E-state index contributed by atoms with van der Waals surface area (Å²) in [4.78, 5) is 25.3. The molecule has 0 aliphatic carbocycles. The lowest BCUT2D eigenvalue weighted by Gasteiger charge is -2.21. The minimum atomic E-state index is -0.104. The van der Waals surface area contributed by atoms with Gasteiger partial charge in [-0.3, -0.25) is 4.79 Å². The molecule has 1 aliphatic heterocycles. The van der Waals surface area contributed by atoms with Gasteiger partial charge in [0.25, 0.3) is 0 Å². The van der Waals surface area contributed by atoms with Gasteiger partial charge in [0, 0.05) is 23.7 Å². The first-order valence-corrected chi connectivity index (χ1v) is 9.19. The molecule has 0 fully saturated rings. The maximum absolute atomic E-state index is 12.3. The summed E-state index contributed by atoms with van der Waals surface area (Å²) in [6.07, 6.45) is 2.55. The summed E-state index contributed by atoms with van der Waals surface area (Å²) in [7, 11) is 5.30. The minimum Gasteiger partial charge on any atom is -0.494 e. The number of ether oxygens (including phenoxy) is 1. The fraction of sp³-hybridized carbons (Fsp3) is 0.286. The van der Waals surface area contributed by atoms with Crippen molar-refractivity contribution in [2.75, 3.05) is 44.5 Å². The van der Waals surface area contributed by atoms with Crippen LogP contribution in [0.15, 0.2) is 42.7 Å². The molecule has 1 amide bonds. The van der Waals surface area contributed by atoms with Crippen molar-refractivity contribution >= 4 is 34.0 Å². The highest BCUT2D eigenvalue weighted by molar-refractivity contribution is 6.00. The van der Waals surface area contributed by atoms with E-state index in [-0.39, 0.29) is 5.91 Å². The van der Waals surface area contributed by atoms with E-state index < -0.39 is 0 Å². The molecule has 3 aromatic rings. The van der Waals surface area contributed by atoms with Crippen LogP contribution in [0.1, 0.15) is 5.56 Å². The van der Waals surface area contributed by atoms with Gasteiger partial charge in [0.05, 0.1) is 24.9 Å². The Morgan fingerprint density at radius 3 is 2.86 bits per heavy atom. The van der Waals surface area contributed by atoms with E-state index in [0.717, 1.165) is 35.4 Å². The highest BCUT2D eigenvalue weighted by atomic mass is 16.5. The number of carbonyl (C=O) groups is 1. The van der Waals surface area contributed by atoms with Crippen LogP contribution in [-0.4, -0.2) is 55.1 Å². The number of anilines is 3. The zero-order valence-electron chi connectivity index (χ0n) is 16.3. The summed E-state index contributed by atoms with van der Waals surface area (Å²) in [5.41, 5.74) is 3.86. The molecular weight excluding hydrogens is 354 g/mol. The molecule has 7 nitrogen and oxygen atoms in total. The molecule has 1 aliphatic rings. The predicted molar refractivity (Wildman–Crippen MR) is 110 cm³/mol. The molecule has 1 aromatic heterocycles. The van der Waals surface area contributed by atoms with Crippen molar-refractivity contribution in [2.45, 2.75) is 6.42 Å². The number of rotatable bonds is 5. The van der Waals surface area contributed by atoms with Crippen molar-refractivity contribution in [3.8, 4) is 5.75 Å². The van der Waals surface area contributed by atoms with Crippen LogP contribution in [0.25, 0.3) is 10.9 Å². The molecule has 28 heavy (non-hydrogen) atoms. The number of para-hydroxylation sites is 1. The first kappa shape index (κ1) is 18.2. The van der Waals surface area contributed by atoms with Gasteiger partial charge in [0.2, 0.25) is 5.91 Å². The number of amides is 1. The van der Waals surface area contributed by atoms with Crippen LogP contribution in [0.4, 0.5) is 17.2 Å². The average Bonchev–Trinajstić information content (AvgIpc) is 3.10. The van der Waals surface area contributed by atoms with E-state index in [1.807, 2.05) is 37.2 Å². The molecule has 0 saturated carbocycles. The van der Waals surface area contributed by atoms with E-state index in [2.05, 4.69) is 38.4 Å². The van der Waals surface area contributed by atoms with Gasteiger partial charge in [-0.1, -0.05) is 18.2 Å². The Kier molecular flexibility index (Phi) is 4.83. The van der Waals surface area contributed by atoms with Gasteiger partial charge in [-0.2, -0.15) is 0 Å². The molecule has 2 aromatic carbocycles. The standard InChI is InChI=1S/C21H23N5O2/c1-25(2)12-20(27)24-17-10-15-16(11-19(17)28-3)22-13-23-21(15)26-9-8-14-6-4-5-7-18(14)26/h4-7,10-11,13H,8-9,12H2,1-3H3,(H,24,27). The predicted octanol–water partition coefficient (Wildman–Crippen LogP) is 2.83. The van der Waals surface area contributed by atoms with Gasteiger partial charge in [-0.25, -0.2) is 9.97 Å². The fourth-order valence-electron chi connectivity index (χ4n) is 3.59. The third kappa shape index (κ3) is 3.36. The van der Waals surface area contributed by atoms with E-state index in [0.29, 0.717) is 18.0 Å². The monoisotopic (exact) mass is 377 g/mol. The van der Waals surface area contributed by atoms with Crippen LogP contribution in [-0.2, 0) is 11.2 Å². The first-order chi connectivity index (χ1) is 13.6. The molecular formula is C21H23N5O2. The van der Waals surface area contributed by atoms with Gasteiger partial charge in [0.15, 0.2) is 0 Å². The summed E-state index contributed by atoms with van der Waals surface area (Å²) in [5.74, 6) is 1.30. The largest absolute Gasteiger partial charge is 0.494 e. The number of carbonyl (C=O) groups excluding carboxylic acids is 1. The second-order valence-electron chi connectivity index (χ2n) is 7.08. The second kappa shape index (κ2) is 7.44. The Labute approximate surface area is 164 Å². The van der Waals surface area contributed by atoms with Crippen molar-refractivity contribution in [1.82, 2.24) is 14.9 Å². The van der Waals surface area contributed by atoms with Crippen LogP contribution in [0.3, 0.4) is 0 Å². The molecule has 4 rings (SSSR count). The van der Waals surface area contributed by atoms with Crippen LogP contribution in [0, 0.1) is 0 Å². The van der Waals surface area contributed by atoms with Gasteiger partial charge in [-0.05, 0) is 38.2 Å². The zero-order valence-corrected chi connectivity index (χ0v) is 16.3. The smallest absolute Gasteiger partial charge is 0.238 e. The number of benzene rings is 2. The first-order valence-electron chi connectivity index (χ1n) is 9.19. The molecule has 1 N–H and O–H groups in total. The second-order valence-corrected chi connectivity index (χ2v) is 7.08. The van der Waals surface area contributed by atoms with E-state index >= 15 is 0 Å². The van der Waals surface area contributed by atoms with Crippen molar-refractivity contribution in [3.63, 3.8) is 0 Å². The summed E-state index contributed by atoms with van der Waals surface area (Å²) in [6, 6.07) is 12.1. The summed E-state index contributed by atoms with van der Waals surface area (Å²) < 4.78 is 5.48. The summed E-state index contributed by atoms with van der Waals surface area (Å²) in [5, 5.41) is 3.82. The van der Waals surface area contributed by atoms with Crippen LogP contribution >= 0.6 is 0 Å². The number of hydrogen-bond acceptors (Lipinski definition) is 6. The molecule has 0 bridgehead atoms. The Bertz CT molecular complexity index is 1030. The van der Waals surface area contributed by atoms with E-state index in [1.165, 1.54) is 5.56 Å². The molecule has 0 saturated heterocycles. The summed E-state index contributed by atoms with van der Waals surface area (Å²) in [6.45, 7) is 1.15. The normalized spacial score (nSPS) is 13.1. The molecule has 0 spiro atoms. The van der Waals surface area contributed by atoms with Crippen LogP contribution < -0.4 is 15.0 Å². The molecule has 0 atom stereocenters. The van der Waals surface area contributed by atoms with E-state index in [1.54, 1.807) is 13.4 Å². The fourth-order valence-corrected chi connectivity index (χ4v) is 3.59. The average molecular weight is 377 g/mol. The third-order valence-electron chi connectivity index (χ3n) is 4.81. The number of aromatic nitrogens is 2. The van der Waals surface area contributed by atoms with Crippen molar-refractivity contribution in [2.24, 2.45) is 0 Å². The topological polar surface area (TPSA) is 70.6 Å². The van der Waals surface area contributed by atoms with E-state index in [9.17, 15) is 4.79 Å². The Balaban J connectivity index is 1.79. The number of hydrogen-bond donors (Lipinski definition) is 1. The van der Waals surface area contributed by atoms with Gasteiger partial charge in [-0.15, -0.1) is 0 Å². The lowest BCUT2D eigenvalue weighted by atomic mass is 10.1. The van der Waals surface area contributed by atoms with Crippen molar-refractivity contribution in [3.05, 3.63) is 48.3 Å². The van der Waals surface area contributed by atoms with E-state index in [4.69, 9.17) is 4.74 Å². The lowest BCUT2D eigenvalue weighted by molar-refractivity contribution is -0.116. The molecule has 0 radical (unpaired) electrons. The molecule has 7 heteroatoms. The van der Waals surface area contributed by atoms with Crippen molar-refractivity contribution < 1.29 is 9.53 Å². The van der Waals surface area contributed by atoms with Crippen LogP contribution in [0.5, 0.6) is 5.75 Å². The highest BCUT2D eigenvalue weighted by Gasteiger charge is 2.23. The summed E-state index contributed by atoms with van der Waals surface area (Å²) >= 11 is 0. The minimum absolute atomic E-state index is 0.104. The zero-order chi connectivity index (χ0) is 19.7. The molecule has 144 valence electrons. The number of likely N-dealkylation sites (N-methyl/N-ethyl adjacent to an activating group) is 1. The number of fused-ring (bicyclic) bond motifs is 2. The third-order valence-corrected chi connectivity index (χ3v) is 4.81. The number of nitrogens with one attached hydrogen (secondary N) is 1. The molecule has 2 heterocycles. The van der Waals surface area contributed by atoms with Crippen molar-refractivity contribution in [1.29, 1.82) is 0 Å². The quantitative estimate of drug-likeness (QED) is 0.737. The van der Waals surface area contributed by atoms with Gasteiger partial charge >= 0.3 is 0 Å². The van der Waals surface area contributed by atoms with Gasteiger partial charge < -0.3 is 19.9 Å². The SMILES string of the molecule is COc1cc2ncnc(N3CCc4ccccc43)c2cc1NC(=O)CN(C)C. The Morgan fingerprint density at radius 1 is 1.25 bits per heavy atom. The highest BCUT2D eigenvalue weighted by Crippen LogP contribution is 2.39. The van der Waals surface area contributed by atoms with Gasteiger partial charge in [0.1, 0.15) is 17.9 Å². The number of methoxy groups -OCH3 is 1. The lowest BCUT2D eigenvalue weighted by Crippen LogP contribution is -2.27. The maximum Gasteiger partial charge on any atom is 0.238 e. The Hall–Kier alpha value is -3.19.